The molecule has 24 heavy (non-hydrogen) atoms. The van der Waals surface area contributed by atoms with Gasteiger partial charge in [-0.15, -0.1) is 0 Å². The second kappa shape index (κ2) is 6.61. The number of aryl methyl sites for hydroxylation is 1. The topological polar surface area (TPSA) is 58.0 Å². The van der Waals surface area contributed by atoms with Crippen LogP contribution in [0.15, 0.2) is 47.3 Å². The number of aromatic amines is 1. The average molecular weight is 322 g/mol. The molecule has 0 aliphatic carbocycles. The first-order valence-corrected chi connectivity index (χ1v) is 8.60. The Morgan fingerprint density at radius 3 is 2.96 bits per heavy atom. The van der Waals surface area contributed by atoms with Gasteiger partial charge in [-0.3, -0.25) is 9.88 Å². The average Bonchev–Trinajstić information content (AvgIpc) is 3.25. The van der Waals surface area contributed by atoms with E-state index in [1.807, 2.05) is 18.3 Å². The second-order valence-electron chi connectivity index (χ2n) is 6.26. The molecule has 3 aromatic rings. The van der Waals surface area contributed by atoms with E-state index in [0.717, 1.165) is 55.3 Å². The van der Waals surface area contributed by atoms with Gasteiger partial charge in [-0.2, -0.15) is 0 Å². The minimum absolute atomic E-state index is 0.0703. The molecule has 1 atom stereocenters. The summed E-state index contributed by atoms with van der Waals surface area (Å²) in [4.78, 5) is 14.8. The second-order valence-corrected chi connectivity index (χ2v) is 6.26. The van der Waals surface area contributed by atoms with Crippen LogP contribution in [0, 0.1) is 0 Å². The van der Waals surface area contributed by atoms with E-state index in [9.17, 15) is 0 Å². The molecule has 4 heterocycles. The van der Waals surface area contributed by atoms with Gasteiger partial charge in [-0.1, -0.05) is 13.0 Å². The number of rotatable bonds is 5. The van der Waals surface area contributed by atoms with Gasteiger partial charge >= 0.3 is 0 Å². The number of fused-ring (bicyclic) bond motifs is 1. The summed E-state index contributed by atoms with van der Waals surface area (Å²) in [6.07, 6.45) is 6.70. The Hall–Kier alpha value is -2.40. The van der Waals surface area contributed by atoms with Crippen molar-refractivity contribution in [2.45, 2.75) is 38.8 Å². The Bertz CT molecular complexity index is 793. The summed E-state index contributed by atoms with van der Waals surface area (Å²) in [6.45, 7) is 3.90. The zero-order chi connectivity index (χ0) is 16.4. The summed E-state index contributed by atoms with van der Waals surface area (Å²) in [5.41, 5.74) is 3.33. The molecule has 0 amide bonds. The molecule has 0 radical (unpaired) electrons. The number of hydrogen-bond donors (Lipinski definition) is 1. The van der Waals surface area contributed by atoms with Crippen LogP contribution in [0.3, 0.4) is 0 Å². The molecule has 0 saturated carbocycles. The van der Waals surface area contributed by atoms with Crippen LogP contribution in [0.4, 0.5) is 0 Å². The third-order valence-electron chi connectivity index (χ3n) is 4.57. The predicted octanol–water partition coefficient (Wildman–Crippen LogP) is 3.50. The highest BCUT2D eigenvalue weighted by Crippen LogP contribution is 2.33. The van der Waals surface area contributed by atoms with Gasteiger partial charge in [0.2, 0.25) is 0 Å². The molecule has 0 saturated heterocycles. The number of H-pyrrole nitrogens is 1. The molecule has 0 unspecified atom stereocenters. The lowest BCUT2D eigenvalue weighted by molar-refractivity contribution is 0.181. The standard InChI is InChI=1S/C19H22N4O/c1-2-5-14-7-8-15(24-14)12-23-11-9-16-18(22-13-21-16)19(23)17-6-3-4-10-20-17/h3-4,6-8,10,13,19H,2,5,9,11-12H2,1H3,(H,21,22)/t19-/m0/s1. The van der Waals surface area contributed by atoms with Crippen LogP contribution in [0.2, 0.25) is 0 Å². The molecule has 1 aliphatic heterocycles. The van der Waals surface area contributed by atoms with E-state index in [1.54, 1.807) is 6.33 Å². The van der Waals surface area contributed by atoms with Gasteiger partial charge in [0.15, 0.2) is 0 Å². The minimum atomic E-state index is 0.0703. The molecule has 0 spiro atoms. The smallest absolute Gasteiger partial charge is 0.118 e. The van der Waals surface area contributed by atoms with Gasteiger partial charge in [-0.05, 0) is 30.7 Å². The Labute approximate surface area is 141 Å². The van der Waals surface area contributed by atoms with Crippen LogP contribution in [-0.2, 0) is 19.4 Å². The Morgan fingerprint density at radius 2 is 2.12 bits per heavy atom. The van der Waals surface area contributed by atoms with E-state index >= 15 is 0 Å². The Balaban J connectivity index is 1.63. The van der Waals surface area contributed by atoms with E-state index < -0.39 is 0 Å². The maximum atomic E-state index is 5.99. The molecule has 0 bridgehead atoms. The van der Waals surface area contributed by atoms with Crippen molar-refractivity contribution in [3.63, 3.8) is 0 Å². The Kier molecular flexibility index (Phi) is 4.17. The van der Waals surface area contributed by atoms with Crippen molar-refractivity contribution in [1.82, 2.24) is 19.9 Å². The van der Waals surface area contributed by atoms with Gasteiger partial charge in [0, 0.05) is 31.3 Å². The minimum Gasteiger partial charge on any atom is -0.465 e. The molecule has 3 aromatic heterocycles. The van der Waals surface area contributed by atoms with E-state index in [0.29, 0.717) is 0 Å². The van der Waals surface area contributed by atoms with Crippen molar-refractivity contribution in [3.8, 4) is 0 Å². The van der Waals surface area contributed by atoms with Crippen molar-refractivity contribution in [2.75, 3.05) is 6.54 Å². The van der Waals surface area contributed by atoms with Crippen LogP contribution in [-0.4, -0.2) is 26.4 Å². The Morgan fingerprint density at radius 1 is 1.21 bits per heavy atom. The summed E-state index contributed by atoms with van der Waals surface area (Å²) in [5, 5.41) is 0. The van der Waals surface area contributed by atoms with Crippen molar-refractivity contribution < 1.29 is 4.42 Å². The molecule has 1 aliphatic rings. The van der Waals surface area contributed by atoms with E-state index in [4.69, 9.17) is 4.42 Å². The van der Waals surface area contributed by atoms with Gasteiger partial charge in [0.05, 0.1) is 30.3 Å². The first-order valence-electron chi connectivity index (χ1n) is 8.60. The number of hydrogen-bond acceptors (Lipinski definition) is 4. The summed E-state index contributed by atoms with van der Waals surface area (Å²) in [7, 11) is 0. The highest BCUT2D eigenvalue weighted by atomic mass is 16.3. The number of nitrogens with zero attached hydrogens (tertiary/aromatic N) is 3. The molecule has 0 aromatic carbocycles. The predicted molar refractivity (Wildman–Crippen MR) is 91.5 cm³/mol. The first-order chi connectivity index (χ1) is 11.8. The molecule has 5 nitrogen and oxygen atoms in total. The quantitative estimate of drug-likeness (QED) is 0.781. The van der Waals surface area contributed by atoms with Gasteiger partial charge < -0.3 is 9.40 Å². The number of furan rings is 1. The van der Waals surface area contributed by atoms with Crippen molar-refractivity contribution >= 4 is 0 Å². The molecule has 4 rings (SSSR count). The fourth-order valence-corrected chi connectivity index (χ4v) is 3.45. The SMILES string of the molecule is CCCc1ccc(CN2CCc3[nH]cnc3[C@@H]2c2ccccn2)o1. The van der Waals surface area contributed by atoms with Gasteiger partial charge in [0.25, 0.3) is 0 Å². The van der Waals surface area contributed by atoms with E-state index in [1.165, 1.54) is 5.69 Å². The monoisotopic (exact) mass is 322 g/mol. The molecule has 124 valence electrons. The summed E-state index contributed by atoms with van der Waals surface area (Å²) >= 11 is 0. The normalized spacial score (nSPS) is 17.8. The number of imidazole rings is 1. The van der Waals surface area contributed by atoms with Crippen molar-refractivity contribution in [3.05, 3.63) is 71.5 Å². The first kappa shape index (κ1) is 15.1. The summed E-state index contributed by atoms with van der Waals surface area (Å²) in [6, 6.07) is 10.3. The molecule has 1 N–H and O–H groups in total. The van der Waals surface area contributed by atoms with Crippen molar-refractivity contribution in [2.24, 2.45) is 0 Å². The van der Waals surface area contributed by atoms with E-state index in [2.05, 4.69) is 45.0 Å². The van der Waals surface area contributed by atoms with Gasteiger partial charge in [0.1, 0.15) is 11.5 Å². The lowest BCUT2D eigenvalue weighted by Gasteiger charge is -2.33. The molecular formula is C19H22N4O. The number of pyridine rings is 1. The fraction of sp³-hybridized carbons (Fsp3) is 0.368. The molecule has 5 heteroatoms. The van der Waals surface area contributed by atoms with Crippen LogP contribution in [0.1, 0.15) is 48.0 Å². The highest BCUT2D eigenvalue weighted by Gasteiger charge is 2.32. The molecule has 0 fully saturated rings. The molecular weight excluding hydrogens is 300 g/mol. The van der Waals surface area contributed by atoms with Crippen molar-refractivity contribution in [1.29, 1.82) is 0 Å². The number of nitrogens with one attached hydrogen (secondary N) is 1. The lowest BCUT2D eigenvalue weighted by Crippen LogP contribution is -2.36. The van der Waals surface area contributed by atoms with Crippen LogP contribution >= 0.6 is 0 Å². The fourth-order valence-electron chi connectivity index (χ4n) is 3.45. The highest BCUT2D eigenvalue weighted by molar-refractivity contribution is 5.28. The number of aromatic nitrogens is 3. The maximum Gasteiger partial charge on any atom is 0.118 e. The third-order valence-corrected chi connectivity index (χ3v) is 4.57. The van der Waals surface area contributed by atoms with Crippen LogP contribution in [0.5, 0.6) is 0 Å². The zero-order valence-corrected chi connectivity index (χ0v) is 13.9. The third kappa shape index (κ3) is 2.87. The van der Waals surface area contributed by atoms with Gasteiger partial charge in [-0.25, -0.2) is 4.98 Å². The lowest BCUT2D eigenvalue weighted by atomic mass is 9.99. The van der Waals surface area contributed by atoms with E-state index in [-0.39, 0.29) is 6.04 Å². The summed E-state index contributed by atoms with van der Waals surface area (Å²) in [5.74, 6) is 2.08. The largest absolute Gasteiger partial charge is 0.465 e. The van der Waals surface area contributed by atoms with Crippen LogP contribution < -0.4 is 0 Å². The zero-order valence-electron chi connectivity index (χ0n) is 13.9. The maximum absolute atomic E-state index is 5.99. The summed E-state index contributed by atoms with van der Waals surface area (Å²) < 4.78 is 5.99. The van der Waals surface area contributed by atoms with Crippen LogP contribution in [0.25, 0.3) is 0 Å².